The van der Waals surface area contributed by atoms with Gasteiger partial charge in [-0.1, -0.05) is 0 Å². The fourth-order valence-electron chi connectivity index (χ4n) is 2.00. The summed E-state index contributed by atoms with van der Waals surface area (Å²) in [5, 5.41) is 28.5. The Morgan fingerprint density at radius 1 is 0.786 bits per heavy atom. The highest BCUT2D eigenvalue weighted by molar-refractivity contribution is 5.85. The van der Waals surface area contributed by atoms with Gasteiger partial charge in [-0.05, 0) is 13.8 Å². The minimum atomic E-state index is -1.68. The molecule has 0 radical (unpaired) electrons. The molecule has 0 saturated heterocycles. The Labute approximate surface area is 153 Å². The Hall–Kier alpha value is -4.24. The van der Waals surface area contributed by atoms with Gasteiger partial charge in [0.15, 0.2) is 23.2 Å². The van der Waals surface area contributed by atoms with Crippen LogP contribution in [0.3, 0.4) is 0 Å². The van der Waals surface area contributed by atoms with Crippen molar-refractivity contribution in [2.45, 2.75) is 26.9 Å². The Kier molecular flexibility index (Phi) is 5.42. The molecule has 0 aromatic carbocycles. The summed E-state index contributed by atoms with van der Waals surface area (Å²) >= 11 is 0. The molecular formula is C12H10N8O8. The van der Waals surface area contributed by atoms with E-state index in [-0.39, 0.29) is 0 Å². The summed E-state index contributed by atoms with van der Waals surface area (Å²) in [4.78, 5) is 71.9. The first-order valence-corrected chi connectivity index (χ1v) is 7.27. The van der Waals surface area contributed by atoms with Crippen LogP contribution in [0.15, 0.2) is 0 Å². The molecule has 0 unspecified atom stereocenters. The SMILES string of the molecule is CC(=O)Cn1nc(C(=O)[N+](=O)[O-])nc1-c1nc(C(=O)[N+](=O)[O-])nn1CC(C)=O. The summed E-state index contributed by atoms with van der Waals surface area (Å²) in [6.45, 7) is 1.34. The molecule has 16 heteroatoms. The maximum absolute atomic E-state index is 11.5. The Balaban J connectivity index is 2.69. The highest BCUT2D eigenvalue weighted by Crippen LogP contribution is 2.17. The number of amides is 2. The summed E-state index contributed by atoms with van der Waals surface area (Å²) < 4.78 is 1.56. The zero-order chi connectivity index (χ0) is 21.2. The van der Waals surface area contributed by atoms with E-state index in [1.807, 2.05) is 0 Å². The molecule has 146 valence electrons. The number of hydrogen-bond acceptors (Lipinski definition) is 12. The van der Waals surface area contributed by atoms with Gasteiger partial charge in [-0.25, -0.2) is 19.0 Å². The summed E-state index contributed by atoms with van der Waals surface area (Å²) in [5.41, 5.74) is 0. The molecule has 2 rings (SSSR count). The zero-order valence-corrected chi connectivity index (χ0v) is 14.3. The molecule has 0 atom stereocenters. The number of rotatable bonds is 7. The van der Waals surface area contributed by atoms with Gasteiger partial charge < -0.3 is 0 Å². The predicted molar refractivity (Wildman–Crippen MR) is 83.0 cm³/mol. The third-order valence-electron chi connectivity index (χ3n) is 3.00. The third-order valence-corrected chi connectivity index (χ3v) is 3.00. The maximum Gasteiger partial charge on any atom is 0.515 e. The molecular weight excluding hydrogens is 384 g/mol. The van der Waals surface area contributed by atoms with Crippen LogP contribution in [0.5, 0.6) is 0 Å². The lowest BCUT2D eigenvalue weighted by atomic mass is 10.4. The van der Waals surface area contributed by atoms with Crippen LogP contribution in [0.25, 0.3) is 11.6 Å². The number of hydrogen-bond donors (Lipinski definition) is 0. The highest BCUT2D eigenvalue weighted by Gasteiger charge is 2.32. The van der Waals surface area contributed by atoms with Gasteiger partial charge >= 0.3 is 11.8 Å². The van der Waals surface area contributed by atoms with E-state index in [1.54, 1.807) is 0 Å². The Bertz CT molecular complexity index is 952. The summed E-state index contributed by atoms with van der Waals surface area (Å²) in [7, 11) is 0. The molecule has 2 heterocycles. The van der Waals surface area contributed by atoms with Gasteiger partial charge in [0.1, 0.15) is 22.9 Å². The first-order chi connectivity index (χ1) is 13.0. The van der Waals surface area contributed by atoms with Crippen molar-refractivity contribution in [3.05, 3.63) is 31.9 Å². The number of Topliss-reactive ketones (excluding diaryl/α,β-unsaturated/α-hetero) is 2. The second kappa shape index (κ2) is 7.56. The lowest BCUT2D eigenvalue weighted by Crippen LogP contribution is -2.15. The van der Waals surface area contributed by atoms with Crippen LogP contribution in [0.1, 0.15) is 35.1 Å². The smallest absolute Gasteiger partial charge is 0.298 e. The maximum atomic E-state index is 11.5. The number of ketones is 2. The normalized spacial score (nSPS) is 10.5. The van der Waals surface area contributed by atoms with Crippen LogP contribution in [0, 0.1) is 20.2 Å². The van der Waals surface area contributed by atoms with Crippen LogP contribution in [-0.2, 0) is 22.7 Å². The number of carbonyl (C=O) groups is 4. The van der Waals surface area contributed by atoms with Gasteiger partial charge in [-0.15, -0.1) is 10.2 Å². The fraction of sp³-hybridized carbons (Fsp3) is 0.333. The van der Waals surface area contributed by atoms with Crippen molar-refractivity contribution >= 4 is 23.4 Å². The first-order valence-electron chi connectivity index (χ1n) is 7.27. The van der Waals surface area contributed by atoms with Gasteiger partial charge in [0.2, 0.25) is 0 Å². The average molecular weight is 394 g/mol. The molecule has 0 bridgehead atoms. The van der Waals surface area contributed by atoms with Crippen molar-refractivity contribution in [3.8, 4) is 11.6 Å². The second-order valence-electron chi connectivity index (χ2n) is 5.36. The molecule has 0 aliphatic heterocycles. The topological polar surface area (TPSA) is 216 Å². The van der Waals surface area contributed by atoms with E-state index in [0.717, 1.165) is 23.2 Å². The molecule has 16 nitrogen and oxygen atoms in total. The monoisotopic (exact) mass is 394 g/mol. The molecule has 2 aromatic rings. The molecule has 2 amide bonds. The number of carbonyl (C=O) groups excluding carboxylic acids is 4. The second-order valence-corrected chi connectivity index (χ2v) is 5.36. The van der Waals surface area contributed by atoms with Crippen molar-refractivity contribution in [1.29, 1.82) is 0 Å². The highest BCUT2D eigenvalue weighted by atomic mass is 16.6. The van der Waals surface area contributed by atoms with Crippen LogP contribution in [0.4, 0.5) is 0 Å². The van der Waals surface area contributed by atoms with Gasteiger partial charge in [0.05, 0.1) is 0 Å². The van der Waals surface area contributed by atoms with Crippen LogP contribution in [-0.4, -0.2) is 62.8 Å². The molecule has 0 aliphatic carbocycles. The fourth-order valence-corrected chi connectivity index (χ4v) is 2.00. The Morgan fingerprint density at radius 3 is 1.36 bits per heavy atom. The van der Waals surface area contributed by atoms with Crippen molar-refractivity contribution in [2.24, 2.45) is 0 Å². The summed E-state index contributed by atoms with van der Waals surface area (Å²) in [6, 6.07) is 0. The van der Waals surface area contributed by atoms with E-state index in [1.165, 1.54) is 0 Å². The number of nitro groups is 2. The largest absolute Gasteiger partial charge is 0.515 e. The van der Waals surface area contributed by atoms with Crippen molar-refractivity contribution in [3.63, 3.8) is 0 Å². The van der Waals surface area contributed by atoms with Gasteiger partial charge in [0, 0.05) is 0 Å². The lowest BCUT2D eigenvalue weighted by molar-refractivity contribution is -0.376. The van der Waals surface area contributed by atoms with E-state index in [4.69, 9.17) is 0 Å². The van der Waals surface area contributed by atoms with E-state index in [0.29, 0.717) is 0 Å². The quantitative estimate of drug-likeness (QED) is 0.389. The minimum absolute atomic E-state index is 0.420. The van der Waals surface area contributed by atoms with Gasteiger partial charge in [0.25, 0.3) is 11.6 Å². The number of nitrogens with zero attached hydrogens (tertiary/aromatic N) is 8. The molecule has 0 fully saturated rings. The molecule has 28 heavy (non-hydrogen) atoms. The molecule has 0 saturated carbocycles. The van der Waals surface area contributed by atoms with Crippen LogP contribution in [0.2, 0.25) is 0 Å². The van der Waals surface area contributed by atoms with Crippen molar-refractivity contribution < 1.29 is 29.0 Å². The van der Waals surface area contributed by atoms with Crippen LogP contribution < -0.4 is 0 Å². The first kappa shape index (κ1) is 20.1. The van der Waals surface area contributed by atoms with E-state index in [2.05, 4.69) is 20.2 Å². The average Bonchev–Trinajstić information content (AvgIpc) is 3.16. The molecule has 0 aliphatic rings. The summed E-state index contributed by atoms with van der Waals surface area (Å²) in [5.74, 6) is -6.93. The molecule has 2 aromatic heterocycles. The van der Waals surface area contributed by atoms with Crippen molar-refractivity contribution in [2.75, 3.05) is 0 Å². The standard InChI is InChI=1S/C12H10N8O8/c1-5(21)3-17-9(13-7(15-17)11(23)19(25)26)10-14-8(12(24)20(27)28)16-18(10)4-6(2)22/h3-4H2,1-2H3. The van der Waals surface area contributed by atoms with Gasteiger partial charge in [-0.2, -0.15) is 9.97 Å². The predicted octanol–water partition coefficient (Wildman–Crippen LogP) is -1.45. The molecule has 0 N–H and O–H groups in total. The van der Waals surface area contributed by atoms with Crippen molar-refractivity contribution in [1.82, 2.24) is 29.5 Å². The van der Waals surface area contributed by atoms with Crippen LogP contribution >= 0.6 is 0 Å². The van der Waals surface area contributed by atoms with Gasteiger partial charge in [-0.3, -0.25) is 29.8 Å². The minimum Gasteiger partial charge on any atom is -0.298 e. The Morgan fingerprint density at radius 2 is 1.11 bits per heavy atom. The van der Waals surface area contributed by atoms with E-state index < -0.39 is 69.6 Å². The molecule has 0 spiro atoms. The zero-order valence-electron chi connectivity index (χ0n) is 14.3. The van der Waals surface area contributed by atoms with E-state index in [9.17, 15) is 39.4 Å². The summed E-state index contributed by atoms with van der Waals surface area (Å²) in [6.07, 6.45) is 0. The number of aromatic nitrogens is 6. The third kappa shape index (κ3) is 4.11. The lowest BCUT2D eigenvalue weighted by Gasteiger charge is -2.04. The van der Waals surface area contributed by atoms with E-state index >= 15 is 0 Å².